The van der Waals surface area contributed by atoms with Crippen LogP contribution in [-0.2, 0) is 20.8 Å². The van der Waals surface area contributed by atoms with E-state index in [4.69, 9.17) is 5.11 Å². The van der Waals surface area contributed by atoms with Gasteiger partial charge < -0.3 is 15.5 Å². The summed E-state index contributed by atoms with van der Waals surface area (Å²) < 4.78 is 0. The van der Waals surface area contributed by atoms with Crippen LogP contribution in [0.1, 0.15) is 12.0 Å². The van der Waals surface area contributed by atoms with Gasteiger partial charge in [-0.05, 0) is 23.1 Å². The van der Waals surface area contributed by atoms with Crippen LogP contribution in [0.2, 0.25) is 0 Å². The minimum Gasteiger partial charge on any atom is -0.481 e. The number of amides is 1. The first-order valence-corrected chi connectivity index (χ1v) is 7.81. The number of aliphatic carboxylic acids is 2. The highest BCUT2D eigenvalue weighted by molar-refractivity contribution is 5.85. The van der Waals surface area contributed by atoms with Gasteiger partial charge in [0, 0.05) is 6.42 Å². The summed E-state index contributed by atoms with van der Waals surface area (Å²) in [7, 11) is 0. The fraction of sp³-hybridized carbons (Fsp3) is 0.211. The van der Waals surface area contributed by atoms with Crippen molar-refractivity contribution in [3.05, 3.63) is 60.2 Å². The summed E-state index contributed by atoms with van der Waals surface area (Å²) in [6.45, 7) is -0.517. The quantitative estimate of drug-likeness (QED) is 0.683. The first kappa shape index (κ1) is 18.2. The minimum atomic E-state index is -1.17. The molecule has 2 aromatic rings. The van der Waals surface area contributed by atoms with E-state index >= 15 is 0 Å². The molecule has 130 valence electrons. The lowest BCUT2D eigenvalue weighted by molar-refractivity contribution is -0.144. The molecule has 0 heterocycles. The molecule has 0 bridgehead atoms. The van der Waals surface area contributed by atoms with E-state index in [1.165, 1.54) is 0 Å². The van der Waals surface area contributed by atoms with Gasteiger partial charge >= 0.3 is 11.9 Å². The molecule has 0 aromatic heterocycles. The molecule has 25 heavy (non-hydrogen) atoms. The first-order chi connectivity index (χ1) is 12.0. The number of rotatable bonds is 8. The van der Waals surface area contributed by atoms with Gasteiger partial charge in [-0.1, -0.05) is 54.6 Å². The van der Waals surface area contributed by atoms with Crippen LogP contribution in [0.25, 0.3) is 11.1 Å². The number of carbonyl (C=O) groups excluding carboxylic acids is 1. The molecule has 0 spiro atoms. The molecule has 0 unspecified atom stereocenters. The fourth-order valence-electron chi connectivity index (χ4n) is 2.47. The van der Waals surface area contributed by atoms with Crippen LogP contribution in [0.15, 0.2) is 54.6 Å². The van der Waals surface area contributed by atoms with E-state index in [9.17, 15) is 19.5 Å². The van der Waals surface area contributed by atoms with Crippen LogP contribution in [0, 0.1) is 5.92 Å². The minimum absolute atomic E-state index is 0.199. The van der Waals surface area contributed by atoms with Crippen molar-refractivity contribution in [3.63, 3.8) is 0 Å². The normalized spacial score (nSPS) is 11.5. The van der Waals surface area contributed by atoms with Gasteiger partial charge in [-0.15, -0.1) is 0 Å². The Morgan fingerprint density at radius 3 is 2.04 bits per heavy atom. The van der Waals surface area contributed by atoms with Gasteiger partial charge in [0.25, 0.3) is 0 Å². The van der Waals surface area contributed by atoms with Crippen molar-refractivity contribution < 1.29 is 24.6 Å². The summed E-state index contributed by atoms with van der Waals surface area (Å²) in [6.07, 6.45) is -0.0616. The van der Waals surface area contributed by atoms with Crippen molar-refractivity contribution >= 4 is 17.8 Å². The largest absolute Gasteiger partial charge is 0.481 e. The molecule has 0 aliphatic carbocycles. The summed E-state index contributed by atoms with van der Waals surface area (Å²) in [6, 6.07) is 17.3. The highest BCUT2D eigenvalue weighted by atomic mass is 16.4. The number of carboxylic acid groups (broad SMARTS) is 2. The lowest BCUT2D eigenvalue weighted by Crippen LogP contribution is -2.32. The van der Waals surface area contributed by atoms with E-state index in [1.807, 2.05) is 54.6 Å². The Labute approximate surface area is 145 Å². The Hall–Kier alpha value is -3.15. The molecular formula is C19H19NO5. The molecule has 2 aromatic carbocycles. The van der Waals surface area contributed by atoms with Crippen molar-refractivity contribution in [2.45, 2.75) is 12.8 Å². The van der Waals surface area contributed by atoms with Gasteiger partial charge in [-0.2, -0.15) is 0 Å². The van der Waals surface area contributed by atoms with Gasteiger partial charge in [0.15, 0.2) is 0 Å². The van der Waals surface area contributed by atoms with E-state index in [2.05, 4.69) is 5.32 Å². The van der Waals surface area contributed by atoms with Crippen molar-refractivity contribution in [3.8, 4) is 11.1 Å². The van der Waals surface area contributed by atoms with Gasteiger partial charge in [0.1, 0.15) is 6.54 Å². The number of hydrogen-bond donors (Lipinski definition) is 3. The van der Waals surface area contributed by atoms with Gasteiger partial charge in [-0.25, -0.2) is 0 Å². The summed E-state index contributed by atoms with van der Waals surface area (Å²) >= 11 is 0. The topological polar surface area (TPSA) is 104 Å². The fourth-order valence-corrected chi connectivity index (χ4v) is 2.47. The van der Waals surface area contributed by atoms with Crippen LogP contribution in [0.4, 0.5) is 0 Å². The number of carbonyl (C=O) groups is 3. The number of hydrogen-bond acceptors (Lipinski definition) is 3. The highest BCUT2D eigenvalue weighted by Gasteiger charge is 2.22. The summed E-state index contributed by atoms with van der Waals surface area (Å²) in [4.78, 5) is 33.5. The van der Waals surface area contributed by atoms with Crippen molar-refractivity contribution in [2.75, 3.05) is 6.54 Å². The first-order valence-electron chi connectivity index (χ1n) is 7.81. The third-order valence-electron chi connectivity index (χ3n) is 3.76. The summed E-state index contributed by atoms with van der Waals surface area (Å²) in [5, 5.41) is 20.0. The van der Waals surface area contributed by atoms with Gasteiger partial charge in [-0.3, -0.25) is 14.4 Å². The molecule has 0 aliphatic heterocycles. The number of carboxylic acids is 2. The summed E-state index contributed by atoms with van der Waals surface area (Å²) in [5.74, 6) is -3.75. The Balaban J connectivity index is 2.01. The molecule has 2 rings (SSSR count). The van der Waals surface area contributed by atoms with Crippen molar-refractivity contribution in [1.82, 2.24) is 5.32 Å². The zero-order valence-corrected chi connectivity index (χ0v) is 13.5. The molecule has 6 heteroatoms. The molecule has 0 fully saturated rings. The predicted octanol–water partition coefficient (Wildman–Crippen LogP) is 2.19. The molecular weight excluding hydrogens is 322 g/mol. The molecule has 1 atom stereocenters. The Bertz CT molecular complexity index is 740. The van der Waals surface area contributed by atoms with Gasteiger partial charge in [0.05, 0.1) is 5.92 Å². The summed E-state index contributed by atoms with van der Waals surface area (Å²) in [5.41, 5.74) is 2.89. The van der Waals surface area contributed by atoms with Crippen LogP contribution in [0.3, 0.4) is 0 Å². The lowest BCUT2D eigenvalue weighted by atomic mass is 9.94. The SMILES string of the molecule is O=C(O)CNC(=O)C[C@@H](Cc1ccc(-c2ccccc2)cc1)C(=O)O. The van der Waals surface area contributed by atoms with E-state index in [-0.39, 0.29) is 12.8 Å². The second-order valence-corrected chi connectivity index (χ2v) is 5.68. The van der Waals surface area contributed by atoms with E-state index in [0.717, 1.165) is 16.7 Å². The molecule has 0 aliphatic rings. The van der Waals surface area contributed by atoms with E-state index in [1.54, 1.807) is 0 Å². The molecule has 0 radical (unpaired) electrons. The molecule has 0 saturated heterocycles. The highest BCUT2D eigenvalue weighted by Crippen LogP contribution is 2.21. The molecule has 6 nitrogen and oxygen atoms in total. The molecule has 0 saturated carbocycles. The maximum atomic E-state index is 11.7. The van der Waals surface area contributed by atoms with Crippen molar-refractivity contribution in [2.24, 2.45) is 5.92 Å². The maximum Gasteiger partial charge on any atom is 0.322 e. The standard InChI is InChI=1S/C19H19NO5/c21-17(20-12-18(22)23)11-16(19(24)25)10-13-6-8-15(9-7-13)14-4-2-1-3-5-14/h1-9,16H,10-12H2,(H,20,21)(H,22,23)(H,24,25)/t16-/m1/s1. The number of nitrogens with one attached hydrogen (secondary N) is 1. The number of benzene rings is 2. The Morgan fingerprint density at radius 1 is 0.880 bits per heavy atom. The monoisotopic (exact) mass is 341 g/mol. The maximum absolute atomic E-state index is 11.7. The predicted molar refractivity (Wildman–Crippen MR) is 92.0 cm³/mol. The lowest BCUT2D eigenvalue weighted by Gasteiger charge is -2.12. The van der Waals surface area contributed by atoms with Crippen LogP contribution < -0.4 is 5.32 Å². The third kappa shape index (κ3) is 5.76. The van der Waals surface area contributed by atoms with Crippen LogP contribution >= 0.6 is 0 Å². The smallest absolute Gasteiger partial charge is 0.322 e. The average molecular weight is 341 g/mol. The third-order valence-corrected chi connectivity index (χ3v) is 3.76. The average Bonchev–Trinajstić information content (AvgIpc) is 2.60. The Morgan fingerprint density at radius 2 is 1.48 bits per heavy atom. The van der Waals surface area contributed by atoms with Gasteiger partial charge in [0.2, 0.25) is 5.91 Å². The van der Waals surface area contributed by atoms with Crippen LogP contribution in [0.5, 0.6) is 0 Å². The zero-order valence-electron chi connectivity index (χ0n) is 13.5. The van der Waals surface area contributed by atoms with Crippen molar-refractivity contribution in [1.29, 1.82) is 0 Å². The Kier molecular flexibility index (Phi) is 6.28. The van der Waals surface area contributed by atoms with E-state index in [0.29, 0.717) is 0 Å². The molecule has 3 N–H and O–H groups in total. The second kappa shape index (κ2) is 8.63. The zero-order chi connectivity index (χ0) is 18.2. The second-order valence-electron chi connectivity index (χ2n) is 5.68. The molecule has 1 amide bonds. The van der Waals surface area contributed by atoms with Crippen LogP contribution in [-0.4, -0.2) is 34.6 Å². The van der Waals surface area contributed by atoms with E-state index < -0.39 is 30.3 Å².